The highest BCUT2D eigenvalue weighted by atomic mass is 16.3. The molecule has 5 aromatic rings. The SMILES string of the molecule is CC[C@H](C)[C@H](NC(=O)[C@@H]1CCC(=O)N1)C(=O)N[C@@H](CC(N)=O)C(=O)N[C@@H](Cc1ccccc1)C(=O)N[C@H](C(=O)N1CCC[C@H]1C(=O)N[C@@H](Cc1c[nH]c2ccccc12)C(=O)N[C@@H](Cc1c[nH]c2ccccc12)C(N)=O)[C@@H](C)O. The Morgan fingerprint density at radius 3 is 1.77 bits per heavy atom. The molecule has 0 aliphatic carbocycles. The molecule has 3 aromatic carbocycles. The minimum Gasteiger partial charge on any atom is -0.391 e. The molecule has 23 heteroatoms. The Hall–Kier alpha value is -8.60. The molecule has 10 atom stereocenters. The van der Waals surface area contributed by atoms with E-state index in [0.29, 0.717) is 24.0 Å². The van der Waals surface area contributed by atoms with Crippen LogP contribution in [-0.4, -0.2) is 140 Å². The molecule has 10 amide bonds. The van der Waals surface area contributed by atoms with Gasteiger partial charge in [0.2, 0.25) is 59.1 Å². The fourth-order valence-electron chi connectivity index (χ4n) is 9.91. The molecular weight excluding hydrogens is 1000 g/mol. The number of nitrogens with two attached hydrogens (primary N) is 2. The van der Waals surface area contributed by atoms with Crippen molar-refractivity contribution in [3.63, 3.8) is 0 Å². The van der Waals surface area contributed by atoms with E-state index in [1.807, 2.05) is 48.5 Å². The largest absolute Gasteiger partial charge is 0.391 e. The van der Waals surface area contributed by atoms with Gasteiger partial charge >= 0.3 is 0 Å². The van der Waals surface area contributed by atoms with E-state index in [1.165, 1.54) is 11.8 Å². The molecule has 78 heavy (non-hydrogen) atoms. The van der Waals surface area contributed by atoms with E-state index >= 15 is 0 Å². The number of amides is 10. The predicted molar refractivity (Wildman–Crippen MR) is 286 cm³/mol. The Morgan fingerprint density at radius 2 is 1.19 bits per heavy atom. The van der Waals surface area contributed by atoms with Gasteiger partial charge in [0.05, 0.1) is 12.5 Å². The summed E-state index contributed by atoms with van der Waals surface area (Å²) in [4.78, 5) is 144. The van der Waals surface area contributed by atoms with Crippen LogP contribution in [0.25, 0.3) is 21.8 Å². The van der Waals surface area contributed by atoms with Gasteiger partial charge in [-0.15, -0.1) is 0 Å². The number of carbonyl (C=O) groups excluding carboxylic acids is 10. The van der Waals surface area contributed by atoms with Crippen LogP contribution < -0.4 is 48.7 Å². The summed E-state index contributed by atoms with van der Waals surface area (Å²) in [5.41, 5.74) is 14.9. The predicted octanol–water partition coefficient (Wildman–Crippen LogP) is -0.357. The number of fused-ring (bicyclic) bond motifs is 2. The van der Waals surface area contributed by atoms with Gasteiger partial charge in [-0.2, -0.15) is 0 Å². The van der Waals surface area contributed by atoms with Crippen LogP contribution in [0.1, 0.15) is 76.0 Å². The van der Waals surface area contributed by atoms with E-state index in [1.54, 1.807) is 56.6 Å². The summed E-state index contributed by atoms with van der Waals surface area (Å²) in [6.45, 7) is 4.75. The molecule has 0 saturated carbocycles. The first-order valence-electron chi connectivity index (χ1n) is 26.1. The number of likely N-dealkylation sites (tertiary alicyclic amines) is 1. The second-order valence-electron chi connectivity index (χ2n) is 20.1. The number of H-pyrrole nitrogens is 2. The number of para-hydroxylation sites is 2. The maximum atomic E-state index is 14.6. The minimum atomic E-state index is -1.68. The maximum absolute atomic E-state index is 14.6. The lowest BCUT2D eigenvalue weighted by Gasteiger charge is -2.32. The summed E-state index contributed by atoms with van der Waals surface area (Å²) in [7, 11) is 0. The van der Waals surface area contributed by atoms with Crippen LogP contribution in [0.2, 0.25) is 0 Å². The monoisotopic (exact) mass is 1070 g/mol. The van der Waals surface area contributed by atoms with Crippen LogP contribution in [0.4, 0.5) is 0 Å². The van der Waals surface area contributed by atoms with Crippen LogP contribution >= 0.6 is 0 Å². The quantitative estimate of drug-likeness (QED) is 0.0358. The van der Waals surface area contributed by atoms with E-state index in [0.717, 1.165) is 27.4 Å². The zero-order valence-electron chi connectivity index (χ0n) is 43.6. The highest BCUT2D eigenvalue weighted by Gasteiger charge is 2.42. The highest BCUT2D eigenvalue weighted by Crippen LogP contribution is 2.24. The number of benzene rings is 3. The fourth-order valence-corrected chi connectivity index (χ4v) is 9.91. The van der Waals surface area contributed by atoms with E-state index in [9.17, 15) is 53.1 Å². The topological polar surface area (TPSA) is 362 Å². The molecule has 2 aliphatic rings. The maximum Gasteiger partial charge on any atom is 0.248 e. The first-order valence-corrected chi connectivity index (χ1v) is 26.1. The van der Waals surface area contributed by atoms with Gasteiger partial charge in [0.1, 0.15) is 48.3 Å². The standard InChI is InChI=1S/C55H68N12O11/c1-4-29(2)46(65-49(72)38-20-21-45(70)60-38)54(77)64-42(26-44(56)69)51(74)62-40(23-31-13-6-5-7-14-31)52(75)66-47(30(3)68)55(78)67-22-12-19-43(67)53(76)63-41(25-33-28-59-37-18-11-9-16-35(33)37)50(73)61-39(48(57)71)24-32-27-58-36-17-10-8-15-34(32)36/h5-11,13-18,27-30,38-43,46-47,58-59,68H,4,12,19-26H2,1-3H3,(H2,56,69)(H2,57,71)(H,60,70)(H,61,73)(H,62,74)(H,63,76)(H,64,77)(H,65,72)(H,66,75)/t29-,30+,38-,39-,40-,41-,42-,43-,46-,47-/m0/s1. The van der Waals surface area contributed by atoms with Gasteiger partial charge in [-0.3, -0.25) is 47.9 Å². The van der Waals surface area contributed by atoms with Gasteiger partial charge in [0.15, 0.2) is 0 Å². The van der Waals surface area contributed by atoms with E-state index in [4.69, 9.17) is 11.5 Å². The molecule has 4 heterocycles. The molecule has 2 fully saturated rings. The van der Waals surface area contributed by atoms with Gasteiger partial charge < -0.3 is 68.7 Å². The van der Waals surface area contributed by atoms with Crippen molar-refractivity contribution >= 4 is 80.9 Å². The Labute approximate surface area is 449 Å². The first kappa shape index (κ1) is 57.1. The third-order valence-electron chi connectivity index (χ3n) is 14.4. The molecule has 14 N–H and O–H groups in total. The molecule has 414 valence electrons. The van der Waals surface area contributed by atoms with Crippen LogP contribution in [0, 0.1) is 5.92 Å². The summed E-state index contributed by atoms with van der Waals surface area (Å²) >= 11 is 0. The smallest absolute Gasteiger partial charge is 0.248 e. The Balaban J connectivity index is 1.08. The summed E-state index contributed by atoms with van der Waals surface area (Å²) < 4.78 is 0. The number of aliphatic hydroxyl groups is 1. The molecule has 0 bridgehead atoms. The van der Waals surface area contributed by atoms with Gasteiger partial charge in [-0.1, -0.05) is 87.0 Å². The number of primary amides is 2. The molecule has 23 nitrogen and oxygen atoms in total. The van der Waals surface area contributed by atoms with Crippen molar-refractivity contribution in [1.82, 2.24) is 52.1 Å². The third-order valence-corrected chi connectivity index (χ3v) is 14.4. The number of rotatable bonds is 25. The zero-order valence-corrected chi connectivity index (χ0v) is 43.6. The summed E-state index contributed by atoms with van der Waals surface area (Å²) in [5, 5.41) is 31.2. The molecular formula is C55H68N12O11. The van der Waals surface area contributed by atoms with Gasteiger partial charge in [-0.25, -0.2) is 0 Å². The Kier molecular flexibility index (Phi) is 19.0. The average Bonchev–Trinajstić information content (AvgIpc) is 4.27. The zero-order chi connectivity index (χ0) is 56.2. The highest BCUT2D eigenvalue weighted by molar-refractivity contribution is 6.00. The van der Waals surface area contributed by atoms with E-state index < -0.39 is 120 Å². The Bertz CT molecular complexity index is 3030. The van der Waals surface area contributed by atoms with Crippen molar-refractivity contribution in [2.24, 2.45) is 17.4 Å². The molecule has 0 radical (unpaired) electrons. The Morgan fingerprint density at radius 1 is 0.641 bits per heavy atom. The molecule has 2 aromatic heterocycles. The second-order valence-corrected chi connectivity index (χ2v) is 20.1. The van der Waals surface area contributed by atoms with Crippen LogP contribution in [0.15, 0.2) is 91.3 Å². The third kappa shape index (κ3) is 14.3. The van der Waals surface area contributed by atoms with Crippen molar-refractivity contribution < 1.29 is 53.1 Å². The number of nitrogens with zero attached hydrogens (tertiary/aromatic N) is 1. The molecule has 2 saturated heterocycles. The number of aromatic amines is 2. The number of aromatic nitrogens is 2. The number of nitrogens with one attached hydrogen (secondary N) is 9. The minimum absolute atomic E-state index is 0.0236. The summed E-state index contributed by atoms with van der Waals surface area (Å²) in [6.07, 6.45) is 2.21. The number of hydrogen-bond donors (Lipinski definition) is 12. The second kappa shape index (κ2) is 26.0. The van der Waals surface area contributed by atoms with Gasteiger partial charge in [0.25, 0.3) is 0 Å². The fraction of sp³-hybridized carbons (Fsp3) is 0.418. The molecule has 2 aliphatic heterocycles. The molecule has 0 unspecified atom stereocenters. The summed E-state index contributed by atoms with van der Waals surface area (Å²) in [6, 6.07) is 12.7. The van der Waals surface area contributed by atoms with E-state index in [-0.39, 0.29) is 51.0 Å². The van der Waals surface area contributed by atoms with Crippen molar-refractivity contribution in [1.29, 1.82) is 0 Å². The number of hydrogen-bond acceptors (Lipinski definition) is 11. The average molecular weight is 1070 g/mol. The lowest BCUT2D eigenvalue weighted by molar-refractivity contribution is -0.144. The number of aliphatic hydroxyl groups excluding tert-OH is 1. The normalized spacial score (nSPS) is 18.3. The van der Waals surface area contributed by atoms with Gasteiger partial charge in [0, 0.05) is 66.4 Å². The van der Waals surface area contributed by atoms with Crippen LogP contribution in [0.3, 0.4) is 0 Å². The first-order chi connectivity index (χ1) is 37.3. The molecule has 0 spiro atoms. The van der Waals surface area contributed by atoms with Crippen molar-refractivity contribution in [3.05, 3.63) is 108 Å². The van der Waals surface area contributed by atoms with Gasteiger partial charge in [-0.05, 0) is 60.9 Å². The van der Waals surface area contributed by atoms with Crippen molar-refractivity contribution in [2.45, 2.75) is 133 Å². The molecule has 7 rings (SSSR count). The van der Waals surface area contributed by atoms with Crippen molar-refractivity contribution in [3.8, 4) is 0 Å². The van der Waals surface area contributed by atoms with Crippen LogP contribution in [0.5, 0.6) is 0 Å². The van der Waals surface area contributed by atoms with E-state index in [2.05, 4.69) is 47.2 Å². The van der Waals surface area contributed by atoms with Crippen molar-refractivity contribution in [2.75, 3.05) is 6.54 Å². The number of carbonyl (C=O) groups is 10. The summed E-state index contributed by atoms with van der Waals surface area (Å²) in [5.74, 6) is -8.29. The lowest BCUT2D eigenvalue weighted by Crippen LogP contribution is -2.62. The lowest BCUT2D eigenvalue weighted by atomic mass is 9.97. The van der Waals surface area contributed by atoms with Crippen LogP contribution in [-0.2, 0) is 67.2 Å².